The summed E-state index contributed by atoms with van der Waals surface area (Å²) in [5.74, 6) is 0.778. The second-order valence-corrected chi connectivity index (χ2v) is 9.83. The minimum absolute atomic E-state index is 0.216. The first-order chi connectivity index (χ1) is 20.6. The Balaban J connectivity index is 1.56. The predicted octanol–water partition coefficient (Wildman–Crippen LogP) is 4.35. The average Bonchev–Trinajstić information content (AvgIpc) is 3.06. The van der Waals surface area contributed by atoms with Crippen molar-refractivity contribution in [2.24, 2.45) is 21.5 Å². The fourth-order valence-electron chi connectivity index (χ4n) is 4.84. The Kier molecular flexibility index (Phi) is 9.13. The number of benzene rings is 3. The highest BCUT2D eigenvalue weighted by Crippen LogP contribution is 2.29. The normalized spacial score (nSPS) is 17.5. The SMILES string of the molecule is CN=CC(=CN)c1cccc(C2N=C(c3cccc(-c4cncnc4)c3)NC(c3cccc(/C(C)=C/NCN)c3)N2)c1. The van der Waals surface area contributed by atoms with Crippen molar-refractivity contribution in [1.29, 1.82) is 0 Å². The standard InChI is InChI=1S/C33H35N9/c1-22(16-37-20-35)23-6-3-9-26(12-23)31-40-32(27-10-4-7-24(13-27)29(15-34)17-36-2)42-33(41-31)28-11-5-8-25(14-28)30-18-38-21-39-19-30/h3-19,21,31-32,37,40H,20,34-35H2,1-2H3,(H,41,42)/b22-16+,29-15?,36-17?. The van der Waals surface area contributed by atoms with E-state index in [0.717, 1.165) is 55.9 Å². The molecule has 0 aliphatic carbocycles. The van der Waals surface area contributed by atoms with Crippen molar-refractivity contribution in [2.45, 2.75) is 19.3 Å². The minimum atomic E-state index is -0.327. The van der Waals surface area contributed by atoms with E-state index in [9.17, 15) is 0 Å². The second-order valence-electron chi connectivity index (χ2n) is 9.83. The van der Waals surface area contributed by atoms with E-state index in [0.29, 0.717) is 6.67 Å². The lowest BCUT2D eigenvalue weighted by molar-refractivity contribution is 0.409. The van der Waals surface area contributed by atoms with Gasteiger partial charge in [-0.1, -0.05) is 54.6 Å². The first-order valence-electron chi connectivity index (χ1n) is 13.7. The largest absolute Gasteiger partial charge is 0.404 e. The van der Waals surface area contributed by atoms with E-state index in [4.69, 9.17) is 16.5 Å². The molecule has 0 amide bonds. The van der Waals surface area contributed by atoms with Gasteiger partial charge < -0.3 is 22.1 Å². The topological polar surface area (TPSA) is 139 Å². The van der Waals surface area contributed by atoms with Crippen molar-refractivity contribution >= 4 is 23.2 Å². The number of allylic oxidation sites excluding steroid dienone is 2. The molecule has 2 heterocycles. The van der Waals surface area contributed by atoms with E-state index < -0.39 is 0 Å². The predicted molar refractivity (Wildman–Crippen MR) is 171 cm³/mol. The van der Waals surface area contributed by atoms with Crippen LogP contribution in [-0.2, 0) is 0 Å². The van der Waals surface area contributed by atoms with Crippen LogP contribution in [0, 0.1) is 0 Å². The van der Waals surface area contributed by atoms with Crippen LogP contribution in [0.25, 0.3) is 22.3 Å². The molecule has 3 aromatic carbocycles. The second kappa shape index (κ2) is 13.5. The van der Waals surface area contributed by atoms with Crippen molar-refractivity contribution in [3.8, 4) is 11.1 Å². The molecule has 9 nitrogen and oxygen atoms in total. The summed E-state index contributed by atoms with van der Waals surface area (Å²) < 4.78 is 0. The summed E-state index contributed by atoms with van der Waals surface area (Å²) >= 11 is 0. The molecule has 0 radical (unpaired) electrons. The van der Waals surface area contributed by atoms with Crippen LogP contribution < -0.4 is 27.4 Å². The molecule has 2 unspecified atom stereocenters. The number of nitrogens with one attached hydrogen (secondary N) is 3. The number of hydrogen-bond acceptors (Lipinski definition) is 9. The quantitative estimate of drug-likeness (QED) is 0.152. The van der Waals surface area contributed by atoms with E-state index in [1.165, 1.54) is 6.33 Å². The van der Waals surface area contributed by atoms with Crippen molar-refractivity contribution in [1.82, 2.24) is 25.9 Å². The van der Waals surface area contributed by atoms with Gasteiger partial charge >= 0.3 is 0 Å². The molecule has 0 fully saturated rings. The van der Waals surface area contributed by atoms with Gasteiger partial charge in [-0.05, 0) is 58.5 Å². The summed E-state index contributed by atoms with van der Waals surface area (Å²) in [7, 11) is 1.73. The summed E-state index contributed by atoms with van der Waals surface area (Å²) in [6.45, 7) is 2.44. The Morgan fingerprint density at radius 3 is 2.40 bits per heavy atom. The van der Waals surface area contributed by atoms with Crippen molar-refractivity contribution in [3.05, 3.63) is 132 Å². The van der Waals surface area contributed by atoms with Gasteiger partial charge in [0.15, 0.2) is 0 Å². The first kappa shape index (κ1) is 28.4. The summed E-state index contributed by atoms with van der Waals surface area (Å²) in [6.07, 6.45) is 9.87. The maximum Gasteiger partial charge on any atom is 0.131 e. The van der Waals surface area contributed by atoms with Crippen LogP contribution >= 0.6 is 0 Å². The summed E-state index contributed by atoms with van der Waals surface area (Å²) in [6, 6.07) is 24.9. The molecule has 1 aromatic heterocycles. The average molecular weight is 558 g/mol. The number of aromatic nitrogens is 2. The van der Waals surface area contributed by atoms with E-state index >= 15 is 0 Å². The third-order valence-corrected chi connectivity index (χ3v) is 6.99. The Bertz CT molecular complexity index is 1640. The van der Waals surface area contributed by atoms with Gasteiger partial charge in [-0.25, -0.2) is 15.0 Å². The van der Waals surface area contributed by atoms with Gasteiger partial charge in [-0.2, -0.15) is 0 Å². The molecule has 0 saturated heterocycles. The lowest BCUT2D eigenvalue weighted by Gasteiger charge is -2.32. The Labute approximate surface area is 246 Å². The van der Waals surface area contributed by atoms with Gasteiger partial charge in [0.05, 0.1) is 6.67 Å². The van der Waals surface area contributed by atoms with E-state index in [1.807, 2.05) is 42.9 Å². The van der Waals surface area contributed by atoms with Gasteiger partial charge in [0.1, 0.15) is 24.5 Å². The summed E-state index contributed by atoms with van der Waals surface area (Å²) in [4.78, 5) is 17.7. The summed E-state index contributed by atoms with van der Waals surface area (Å²) in [5, 5.41) is 10.4. The number of amidine groups is 1. The number of rotatable bonds is 9. The fraction of sp³-hybridized carbons (Fsp3) is 0.152. The van der Waals surface area contributed by atoms with E-state index in [1.54, 1.807) is 19.5 Å². The Hall–Kier alpha value is -5.12. The zero-order chi connectivity index (χ0) is 29.3. The van der Waals surface area contributed by atoms with Crippen molar-refractivity contribution < 1.29 is 0 Å². The van der Waals surface area contributed by atoms with Gasteiger partial charge in [-0.3, -0.25) is 10.3 Å². The molecule has 0 spiro atoms. The molecule has 4 aromatic rings. The van der Waals surface area contributed by atoms with Crippen LogP contribution in [0.1, 0.15) is 47.1 Å². The fourth-order valence-corrected chi connectivity index (χ4v) is 4.84. The molecule has 1 aliphatic rings. The monoisotopic (exact) mass is 557 g/mol. The molecular formula is C33H35N9. The Morgan fingerprint density at radius 1 is 0.929 bits per heavy atom. The van der Waals surface area contributed by atoms with Crippen LogP contribution in [0.4, 0.5) is 0 Å². The lowest BCUT2D eigenvalue weighted by atomic mass is 10.00. The van der Waals surface area contributed by atoms with Crippen molar-refractivity contribution in [3.63, 3.8) is 0 Å². The molecule has 212 valence electrons. The molecular weight excluding hydrogens is 522 g/mol. The third-order valence-electron chi connectivity index (χ3n) is 6.99. The van der Waals surface area contributed by atoms with E-state index in [2.05, 4.69) is 86.4 Å². The van der Waals surface area contributed by atoms with Gasteiger partial charge in [-0.15, -0.1) is 0 Å². The number of hydrogen-bond donors (Lipinski definition) is 5. The molecule has 9 heteroatoms. The number of aliphatic imine (C=N–C) groups is 2. The van der Waals surface area contributed by atoms with Crippen LogP contribution in [0.2, 0.25) is 0 Å². The molecule has 5 rings (SSSR count). The van der Waals surface area contributed by atoms with Crippen LogP contribution in [-0.4, -0.2) is 35.7 Å². The van der Waals surface area contributed by atoms with E-state index in [-0.39, 0.29) is 12.3 Å². The Morgan fingerprint density at radius 2 is 1.64 bits per heavy atom. The molecule has 2 atom stereocenters. The lowest BCUT2D eigenvalue weighted by Crippen LogP contribution is -2.45. The van der Waals surface area contributed by atoms with Gasteiger partial charge in [0.25, 0.3) is 0 Å². The van der Waals surface area contributed by atoms with Crippen LogP contribution in [0.5, 0.6) is 0 Å². The van der Waals surface area contributed by atoms with Crippen LogP contribution in [0.15, 0.2) is 114 Å². The third kappa shape index (κ3) is 6.60. The summed E-state index contributed by atoms with van der Waals surface area (Å²) in [5.41, 5.74) is 20.5. The zero-order valence-electron chi connectivity index (χ0n) is 23.7. The van der Waals surface area contributed by atoms with Crippen LogP contribution in [0.3, 0.4) is 0 Å². The first-order valence-corrected chi connectivity index (χ1v) is 13.7. The minimum Gasteiger partial charge on any atom is -0.404 e. The molecule has 0 bridgehead atoms. The molecule has 7 N–H and O–H groups in total. The van der Waals surface area contributed by atoms with Gasteiger partial charge in [0, 0.05) is 54.8 Å². The highest BCUT2D eigenvalue weighted by atomic mass is 15.3. The molecule has 42 heavy (non-hydrogen) atoms. The number of nitrogens with two attached hydrogens (primary N) is 2. The smallest absolute Gasteiger partial charge is 0.131 e. The van der Waals surface area contributed by atoms with Crippen molar-refractivity contribution in [2.75, 3.05) is 13.7 Å². The number of nitrogens with zero attached hydrogens (tertiary/aromatic N) is 4. The maximum absolute atomic E-state index is 5.92. The maximum atomic E-state index is 5.92. The van der Waals surface area contributed by atoms with Gasteiger partial charge in [0.2, 0.25) is 0 Å². The molecule has 1 aliphatic heterocycles. The highest BCUT2D eigenvalue weighted by Gasteiger charge is 2.26. The highest BCUT2D eigenvalue weighted by molar-refractivity contribution is 6.09. The zero-order valence-corrected chi connectivity index (χ0v) is 23.7. The molecule has 0 saturated carbocycles.